The average molecular weight is 227 g/mol. The molecule has 0 saturated heterocycles. The van der Waals surface area contributed by atoms with E-state index in [2.05, 4.69) is 10.4 Å². The van der Waals surface area contributed by atoms with Gasteiger partial charge in [0.15, 0.2) is 12.4 Å². The van der Waals surface area contributed by atoms with Crippen LogP contribution in [0.1, 0.15) is 6.92 Å². The fourth-order valence-corrected chi connectivity index (χ4v) is 1.23. The summed E-state index contributed by atoms with van der Waals surface area (Å²) in [7, 11) is 3.38. The number of methoxy groups -OCH3 is 1. The van der Waals surface area contributed by atoms with E-state index >= 15 is 0 Å². The van der Waals surface area contributed by atoms with Crippen LogP contribution in [0.25, 0.3) is 0 Å². The van der Waals surface area contributed by atoms with Crippen LogP contribution >= 0.6 is 0 Å². The molecule has 0 aliphatic rings. The molecule has 1 amide bonds. The lowest BCUT2D eigenvalue weighted by atomic mass is 10.3. The average Bonchev–Trinajstić information content (AvgIpc) is 2.61. The third-order valence-electron chi connectivity index (χ3n) is 1.88. The van der Waals surface area contributed by atoms with Crippen LogP contribution in [-0.4, -0.2) is 42.1 Å². The van der Waals surface area contributed by atoms with Gasteiger partial charge in [-0.15, -0.1) is 0 Å². The van der Waals surface area contributed by atoms with E-state index in [-0.39, 0.29) is 18.6 Å². The molecule has 0 fully saturated rings. The van der Waals surface area contributed by atoms with Crippen molar-refractivity contribution in [3.05, 3.63) is 12.4 Å². The van der Waals surface area contributed by atoms with Crippen molar-refractivity contribution in [3.63, 3.8) is 0 Å². The first kappa shape index (κ1) is 12.5. The van der Waals surface area contributed by atoms with Gasteiger partial charge in [0.05, 0.1) is 19.0 Å². The summed E-state index contributed by atoms with van der Waals surface area (Å²) in [6.45, 7) is 2.34. The monoisotopic (exact) mass is 227 g/mol. The molecule has 1 N–H and O–H groups in total. The topological polar surface area (TPSA) is 65.4 Å². The van der Waals surface area contributed by atoms with Crippen molar-refractivity contribution in [2.75, 3.05) is 20.3 Å². The van der Waals surface area contributed by atoms with E-state index in [1.54, 1.807) is 31.2 Å². The van der Waals surface area contributed by atoms with Crippen LogP contribution in [0.2, 0.25) is 0 Å². The Morgan fingerprint density at radius 2 is 2.44 bits per heavy atom. The molecule has 6 nitrogen and oxygen atoms in total. The number of nitrogens with one attached hydrogen (secondary N) is 1. The number of rotatable bonds is 6. The largest absolute Gasteiger partial charge is 0.480 e. The maximum Gasteiger partial charge on any atom is 0.258 e. The number of carbonyl (C=O) groups is 1. The van der Waals surface area contributed by atoms with Gasteiger partial charge in [0.25, 0.3) is 5.91 Å². The summed E-state index contributed by atoms with van der Waals surface area (Å²) in [5, 5.41) is 6.67. The molecule has 0 aromatic carbocycles. The van der Waals surface area contributed by atoms with Crippen molar-refractivity contribution >= 4 is 5.91 Å². The predicted molar refractivity (Wildman–Crippen MR) is 58.2 cm³/mol. The molecular formula is C10H17N3O3. The van der Waals surface area contributed by atoms with Crippen molar-refractivity contribution < 1.29 is 14.3 Å². The van der Waals surface area contributed by atoms with Gasteiger partial charge in [-0.25, -0.2) is 0 Å². The summed E-state index contributed by atoms with van der Waals surface area (Å²) in [6.07, 6.45) is 3.26. The first-order chi connectivity index (χ1) is 7.61. The van der Waals surface area contributed by atoms with Gasteiger partial charge < -0.3 is 14.8 Å². The minimum absolute atomic E-state index is 0.0141. The highest BCUT2D eigenvalue weighted by molar-refractivity contribution is 5.77. The van der Waals surface area contributed by atoms with Gasteiger partial charge in [0.2, 0.25) is 0 Å². The zero-order chi connectivity index (χ0) is 12.0. The fraction of sp³-hybridized carbons (Fsp3) is 0.600. The molecule has 6 heteroatoms. The third kappa shape index (κ3) is 4.31. The second-order valence-electron chi connectivity index (χ2n) is 3.56. The van der Waals surface area contributed by atoms with Crippen molar-refractivity contribution in [3.8, 4) is 5.75 Å². The number of hydrogen-bond acceptors (Lipinski definition) is 4. The smallest absolute Gasteiger partial charge is 0.258 e. The van der Waals surface area contributed by atoms with E-state index in [9.17, 15) is 4.79 Å². The molecule has 1 unspecified atom stereocenters. The molecule has 90 valence electrons. The van der Waals surface area contributed by atoms with E-state index in [1.165, 1.54) is 0 Å². The number of amides is 1. The number of carbonyl (C=O) groups excluding carboxylic acids is 1. The molecule has 0 spiro atoms. The first-order valence-electron chi connectivity index (χ1n) is 5.01. The Hall–Kier alpha value is -1.56. The molecule has 0 aliphatic heterocycles. The van der Waals surface area contributed by atoms with Gasteiger partial charge in [-0.2, -0.15) is 5.10 Å². The maximum atomic E-state index is 11.4. The summed E-state index contributed by atoms with van der Waals surface area (Å²) in [5.41, 5.74) is 0. The molecule has 1 heterocycles. The summed E-state index contributed by atoms with van der Waals surface area (Å²) in [6, 6.07) is -0.0185. The minimum Gasteiger partial charge on any atom is -0.480 e. The first-order valence-corrected chi connectivity index (χ1v) is 5.01. The quantitative estimate of drug-likeness (QED) is 0.740. The minimum atomic E-state index is -0.173. The van der Waals surface area contributed by atoms with Crippen LogP contribution in [0.4, 0.5) is 0 Å². The van der Waals surface area contributed by atoms with Crippen molar-refractivity contribution in [2.45, 2.75) is 13.0 Å². The highest BCUT2D eigenvalue weighted by atomic mass is 16.5. The Morgan fingerprint density at radius 1 is 1.69 bits per heavy atom. The van der Waals surface area contributed by atoms with Crippen LogP contribution in [0.15, 0.2) is 12.4 Å². The molecule has 1 atom stereocenters. The Morgan fingerprint density at radius 3 is 3.00 bits per heavy atom. The van der Waals surface area contributed by atoms with Gasteiger partial charge in [-0.1, -0.05) is 0 Å². The number of ether oxygens (including phenoxy) is 2. The van der Waals surface area contributed by atoms with Gasteiger partial charge >= 0.3 is 0 Å². The lowest BCUT2D eigenvalue weighted by Gasteiger charge is -2.12. The SMILES string of the molecule is COCC(C)NC(=O)COc1cnn(C)c1. The molecule has 1 aromatic rings. The van der Waals surface area contributed by atoms with Gasteiger partial charge in [0, 0.05) is 20.2 Å². The van der Waals surface area contributed by atoms with E-state index in [0.29, 0.717) is 12.4 Å². The number of hydrogen-bond donors (Lipinski definition) is 1. The fourth-order valence-electron chi connectivity index (χ4n) is 1.23. The van der Waals surface area contributed by atoms with Crippen LogP contribution in [0.5, 0.6) is 5.75 Å². The van der Waals surface area contributed by atoms with Crippen molar-refractivity contribution in [1.82, 2.24) is 15.1 Å². The third-order valence-corrected chi connectivity index (χ3v) is 1.88. The summed E-state index contributed by atoms with van der Waals surface area (Å²) >= 11 is 0. The summed E-state index contributed by atoms with van der Waals surface area (Å²) < 4.78 is 11.7. The van der Waals surface area contributed by atoms with E-state index in [0.717, 1.165) is 0 Å². The van der Waals surface area contributed by atoms with Gasteiger partial charge in [0.1, 0.15) is 0 Å². The van der Waals surface area contributed by atoms with Crippen LogP contribution in [0, 0.1) is 0 Å². The van der Waals surface area contributed by atoms with E-state index < -0.39 is 0 Å². The van der Waals surface area contributed by atoms with Crippen LogP contribution < -0.4 is 10.1 Å². The predicted octanol–water partition coefficient (Wildman–Crippen LogP) is -0.0500. The van der Waals surface area contributed by atoms with Crippen LogP contribution in [-0.2, 0) is 16.6 Å². The van der Waals surface area contributed by atoms with Gasteiger partial charge in [-0.05, 0) is 6.92 Å². The van der Waals surface area contributed by atoms with E-state index in [1.807, 2.05) is 6.92 Å². The van der Waals surface area contributed by atoms with Crippen molar-refractivity contribution in [2.24, 2.45) is 7.05 Å². The van der Waals surface area contributed by atoms with Gasteiger partial charge in [-0.3, -0.25) is 9.48 Å². The Kier molecular flexibility index (Phi) is 4.78. The Balaban J connectivity index is 2.25. The molecule has 0 aliphatic carbocycles. The molecule has 1 rings (SSSR count). The second-order valence-corrected chi connectivity index (χ2v) is 3.56. The second kappa shape index (κ2) is 6.12. The Bertz CT molecular complexity index is 338. The maximum absolute atomic E-state index is 11.4. The van der Waals surface area contributed by atoms with Crippen molar-refractivity contribution in [1.29, 1.82) is 0 Å². The molecular weight excluding hydrogens is 210 g/mol. The number of nitrogens with zero attached hydrogens (tertiary/aromatic N) is 2. The summed E-state index contributed by atoms with van der Waals surface area (Å²) in [5.74, 6) is 0.408. The zero-order valence-electron chi connectivity index (χ0n) is 9.77. The standard InChI is InChI=1S/C10H17N3O3/c1-8(6-15-3)12-10(14)7-16-9-4-11-13(2)5-9/h4-5,8H,6-7H2,1-3H3,(H,12,14). The summed E-state index contributed by atoms with van der Waals surface area (Å²) in [4.78, 5) is 11.4. The zero-order valence-corrected chi connectivity index (χ0v) is 9.77. The molecule has 0 bridgehead atoms. The molecule has 0 saturated carbocycles. The Labute approximate surface area is 94.5 Å². The highest BCUT2D eigenvalue weighted by Gasteiger charge is 2.07. The lowest BCUT2D eigenvalue weighted by molar-refractivity contribution is -0.124. The van der Waals surface area contributed by atoms with Crippen LogP contribution in [0.3, 0.4) is 0 Å². The van der Waals surface area contributed by atoms with E-state index in [4.69, 9.17) is 9.47 Å². The molecule has 16 heavy (non-hydrogen) atoms. The normalized spacial score (nSPS) is 12.2. The molecule has 0 radical (unpaired) electrons. The number of aromatic nitrogens is 2. The number of aryl methyl sites for hydroxylation is 1. The molecule has 1 aromatic heterocycles. The highest BCUT2D eigenvalue weighted by Crippen LogP contribution is 2.05. The lowest BCUT2D eigenvalue weighted by Crippen LogP contribution is -2.38.